The monoisotopic (exact) mass is 503 g/mol. The van der Waals surface area contributed by atoms with Gasteiger partial charge < -0.3 is 20.6 Å². The number of thiazole rings is 1. The number of alkyl halides is 1. The maximum absolute atomic E-state index is 13.7. The van der Waals surface area contributed by atoms with Gasteiger partial charge in [0.1, 0.15) is 17.7 Å². The predicted molar refractivity (Wildman–Crippen MR) is 135 cm³/mol. The Hall–Kier alpha value is -2.59. The highest BCUT2D eigenvalue weighted by molar-refractivity contribution is 7.17. The van der Waals surface area contributed by atoms with Crippen molar-refractivity contribution in [2.45, 2.75) is 71.2 Å². The van der Waals surface area contributed by atoms with Crippen molar-refractivity contribution in [3.8, 4) is 10.4 Å². The van der Waals surface area contributed by atoms with Crippen LogP contribution in [0, 0.1) is 12.8 Å². The molecule has 0 radical (unpaired) electrons. The number of piperidine rings is 1. The average Bonchev–Trinajstić information content (AvgIpc) is 3.56. The summed E-state index contributed by atoms with van der Waals surface area (Å²) in [7, 11) is 0. The van der Waals surface area contributed by atoms with Gasteiger partial charge in [-0.05, 0) is 70.9 Å². The van der Waals surface area contributed by atoms with Gasteiger partial charge in [0.15, 0.2) is 5.01 Å². The van der Waals surface area contributed by atoms with Crippen molar-refractivity contribution in [2.75, 3.05) is 25.0 Å². The molecule has 3 N–H and O–H groups in total. The van der Waals surface area contributed by atoms with E-state index in [1.165, 1.54) is 12.8 Å². The van der Waals surface area contributed by atoms with E-state index in [1.54, 1.807) is 24.9 Å². The molecule has 2 aromatic heterocycles. The summed E-state index contributed by atoms with van der Waals surface area (Å²) in [4.78, 5) is 37.3. The number of nitrogens with zero attached hydrogens (tertiary/aromatic N) is 3. The summed E-state index contributed by atoms with van der Waals surface area (Å²) < 4.78 is 13.7. The van der Waals surface area contributed by atoms with Crippen LogP contribution in [0.1, 0.15) is 72.3 Å². The Morgan fingerprint density at radius 1 is 1.29 bits per heavy atom. The van der Waals surface area contributed by atoms with Crippen molar-refractivity contribution in [1.29, 1.82) is 0 Å². The van der Waals surface area contributed by atoms with E-state index < -0.39 is 17.7 Å². The number of pyridine rings is 1. The van der Waals surface area contributed by atoms with Crippen molar-refractivity contribution in [3.63, 3.8) is 0 Å². The maximum Gasteiger partial charge on any atom is 0.280 e. The lowest BCUT2D eigenvalue weighted by atomic mass is 10.1. The van der Waals surface area contributed by atoms with Crippen LogP contribution in [-0.4, -0.2) is 69.2 Å². The normalized spacial score (nSPS) is 17.8. The SMILES string of the molecule is Cc1cc(N[C@@H](C)C2CC2)ncc1-c1sc(C(=O)NCC(C)(C)O)nc1C(=O)N1CCC(F)CC1. The highest BCUT2D eigenvalue weighted by Crippen LogP contribution is 2.36. The van der Waals surface area contributed by atoms with Gasteiger partial charge in [-0.3, -0.25) is 9.59 Å². The predicted octanol–water partition coefficient (Wildman–Crippen LogP) is 3.80. The molecule has 3 heterocycles. The molecule has 2 fully saturated rings. The van der Waals surface area contributed by atoms with Crippen molar-refractivity contribution in [1.82, 2.24) is 20.2 Å². The van der Waals surface area contributed by atoms with Crippen LogP contribution in [0.2, 0.25) is 0 Å². The van der Waals surface area contributed by atoms with Crippen LogP contribution in [0.5, 0.6) is 0 Å². The minimum atomic E-state index is -1.08. The number of hydrogen-bond acceptors (Lipinski definition) is 7. The van der Waals surface area contributed by atoms with Gasteiger partial charge in [0.2, 0.25) is 0 Å². The van der Waals surface area contributed by atoms with Crippen LogP contribution in [0.25, 0.3) is 10.4 Å². The third kappa shape index (κ3) is 6.35. The first kappa shape index (κ1) is 25.5. The van der Waals surface area contributed by atoms with Gasteiger partial charge in [-0.15, -0.1) is 11.3 Å². The first-order chi connectivity index (χ1) is 16.5. The lowest BCUT2D eigenvalue weighted by Crippen LogP contribution is -2.39. The third-order valence-corrected chi connectivity index (χ3v) is 7.56. The molecule has 10 heteroatoms. The second kappa shape index (κ2) is 10.2. The van der Waals surface area contributed by atoms with Gasteiger partial charge in [0.25, 0.3) is 11.8 Å². The molecule has 1 aliphatic carbocycles. The van der Waals surface area contributed by atoms with E-state index in [0.717, 1.165) is 28.3 Å². The van der Waals surface area contributed by atoms with Gasteiger partial charge in [-0.25, -0.2) is 14.4 Å². The third-order valence-electron chi connectivity index (χ3n) is 6.48. The topological polar surface area (TPSA) is 107 Å². The van der Waals surface area contributed by atoms with E-state index in [1.807, 2.05) is 13.0 Å². The van der Waals surface area contributed by atoms with Crippen molar-refractivity contribution in [2.24, 2.45) is 5.92 Å². The summed E-state index contributed by atoms with van der Waals surface area (Å²) in [5.74, 6) is 0.688. The Morgan fingerprint density at radius 2 is 1.97 bits per heavy atom. The number of aliphatic hydroxyl groups is 1. The van der Waals surface area contributed by atoms with Crippen LogP contribution in [0.4, 0.5) is 10.2 Å². The molecule has 2 amide bonds. The number of likely N-dealkylation sites (tertiary alicyclic amines) is 1. The van der Waals surface area contributed by atoms with Gasteiger partial charge in [0, 0.05) is 37.4 Å². The molecule has 0 bridgehead atoms. The largest absolute Gasteiger partial charge is 0.389 e. The number of anilines is 1. The molecule has 190 valence electrons. The van der Waals surface area contributed by atoms with Gasteiger partial charge >= 0.3 is 0 Å². The molecule has 1 saturated heterocycles. The summed E-state index contributed by atoms with van der Waals surface area (Å²) in [6, 6.07) is 2.29. The van der Waals surface area contributed by atoms with Crippen LogP contribution < -0.4 is 10.6 Å². The Kier molecular flexibility index (Phi) is 7.42. The lowest BCUT2D eigenvalue weighted by Gasteiger charge is -2.28. The number of carbonyl (C=O) groups is 2. The van der Waals surface area contributed by atoms with E-state index in [9.17, 15) is 19.1 Å². The van der Waals surface area contributed by atoms with E-state index in [-0.39, 0.29) is 23.2 Å². The fourth-order valence-corrected chi connectivity index (χ4v) is 5.19. The summed E-state index contributed by atoms with van der Waals surface area (Å²) >= 11 is 1.13. The number of halogens is 1. The maximum atomic E-state index is 13.7. The molecular formula is C25H34FN5O3S. The molecule has 2 aromatic rings. The van der Waals surface area contributed by atoms with E-state index >= 15 is 0 Å². The Bertz CT molecular complexity index is 1090. The molecule has 4 rings (SSSR count). The summed E-state index contributed by atoms with van der Waals surface area (Å²) in [6.45, 7) is 7.97. The molecule has 1 atom stereocenters. The molecule has 8 nitrogen and oxygen atoms in total. The second-order valence-electron chi connectivity index (χ2n) is 10.3. The zero-order valence-corrected chi connectivity index (χ0v) is 21.5. The zero-order chi connectivity index (χ0) is 25.3. The number of hydrogen-bond donors (Lipinski definition) is 3. The smallest absolute Gasteiger partial charge is 0.280 e. The second-order valence-corrected chi connectivity index (χ2v) is 11.3. The van der Waals surface area contributed by atoms with E-state index in [0.29, 0.717) is 42.8 Å². The molecular weight excluding hydrogens is 469 g/mol. The first-order valence-corrected chi connectivity index (χ1v) is 13.0. The number of aryl methyl sites for hydroxylation is 1. The Balaban J connectivity index is 1.64. The number of carbonyl (C=O) groups excluding carboxylic acids is 2. The quantitative estimate of drug-likeness (QED) is 0.506. The fraction of sp³-hybridized carbons (Fsp3) is 0.600. The Morgan fingerprint density at radius 3 is 2.57 bits per heavy atom. The lowest BCUT2D eigenvalue weighted by molar-refractivity contribution is 0.0660. The minimum absolute atomic E-state index is 0.0498. The molecule has 0 aromatic carbocycles. The van der Waals surface area contributed by atoms with Crippen molar-refractivity contribution < 1.29 is 19.1 Å². The molecule has 2 aliphatic rings. The first-order valence-electron chi connectivity index (χ1n) is 12.2. The number of nitrogens with one attached hydrogen (secondary N) is 2. The molecule has 35 heavy (non-hydrogen) atoms. The summed E-state index contributed by atoms with van der Waals surface area (Å²) in [5, 5.41) is 16.2. The van der Waals surface area contributed by atoms with Crippen LogP contribution in [0.15, 0.2) is 12.3 Å². The number of amides is 2. The molecule has 0 unspecified atom stereocenters. The van der Waals surface area contributed by atoms with Crippen molar-refractivity contribution in [3.05, 3.63) is 28.5 Å². The van der Waals surface area contributed by atoms with Crippen LogP contribution >= 0.6 is 11.3 Å². The summed E-state index contributed by atoms with van der Waals surface area (Å²) in [6.07, 6.45) is 3.87. The average molecular weight is 504 g/mol. The number of rotatable bonds is 8. The van der Waals surface area contributed by atoms with E-state index in [2.05, 4.69) is 27.5 Å². The molecule has 0 spiro atoms. The molecule has 1 aliphatic heterocycles. The fourth-order valence-electron chi connectivity index (χ4n) is 4.14. The molecule has 1 saturated carbocycles. The standard InChI is InChI=1S/C25H34FN5O3S/c1-14-11-19(29-15(2)16-5-6-16)27-12-18(14)21-20(24(33)31-9-7-17(26)8-10-31)30-23(35-21)22(32)28-13-25(3,4)34/h11-12,15-17,34H,5-10,13H2,1-4H3,(H,27,29)(H,28,32)/t15-/m0/s1. The van der Waals surface area contributed by atoms with Crippen LogP contribution in [-0.2, 0) is 0 Å². The zero-order valence-electron chi connectivity index (χ0n) is 20.7. The minimum Gasteiger partial charge on any atom is -0.389 e. The van der Waals surface area contributed by atoms with E-state index in [4.69, 9.17) is 0 Å². The number of aromatic nitrogens is 2. The van der Waals surface area contributed by atoms with Gasteiger partial charge in [-0.2, -0.15) is 0 Å². The highest BCUT2D eigenvalue weighted by Gasteiger charge is 2.31. The van der Waals surface area contributed by atoms with Crippen molar-refractivity contribution >= 4 is 29.0 Å². The van der Waals surface area contributed by atoms with Gasteiger partial charge in [0.05, 0.1) is 10.5 Å². The summed E-state index contributed by atoms with van der Waals surface area (Å²) in [5.41, 5.74) is 0.746. The van der Waals surface area contributed by atoms with Gasteiger partial charge in [-0.1, -0.05) is 0 Å². The highest BCUT2D eigenvalue weighted by atomic mass is 32.1. The van der Waals surface area contributed by atoms with Crippen LogP contribution in [0.3, 0.4) is 0 Å². The Labute approximate surface area is 209 Å².